The SMILES string of the molecule is [C+]#CCCCO. The number of unbranched alkanes of at least 4 members (excludes halogenated alkanes) is 1. The predicted octanol–water partition coefficient (Wildman–Crippen LogP) is 0.349. The maximum atomic E-state index is 8.07. The van der Waals surface area contributed by atoms with Gasteiger partial charge in [0.1, 0.15) is 0 Å². The van der Waals surface area contributed by atoms with Gasteiger partial charge in [0, 0.05) is 0 Å². The molecule has 0 fully saturated rings. The molecule has 0 aliphatic carbocycles. The van der Waals surface area contributed by atoms with Crippen molar-refractivity contribution in [3.63, 3.8) is 0 Å². The molecule has 0 aromatic rings. The van der Waals surface area contributed by atoms with E-state index in [9.17, 15) is 0 Å². The molecule has 0 heterocycles. The van der Waals surface area contributed by atoms with E-state index in [1.165, 1.54) is 0 Å². The summed E-state index contributed by atoms with van der Waals surface area (Å²) in [4.78, 5) is 0. The van der Waals surface area contributed by atoms with Crippen LogP contribution in [-0.4, -0.2) is 11.7 Å². The summed E-state index contributed by atoms with van der Waals surface area (Å²) in [6.45, 7) is 0.172. The molecule has 0 aromatic carbocycles. The summed E-state index contributed by atoms with van der Waals surface area (Å²) in [5.41, 5.74) is 0. The van der Waals surface area contributed by atoms with Crippen molar-refractivity contribution in [2.24, 2.45) is 0 Å². The molecule has 0 saturated heterocycles. The van der Waals surface area contributed by atoms with E-state index < -0.39 is 0 Å². The summed E-state index contributed by atoms with van der Waals surface area (Å²) < 4.78 is 0. The average Bonchev–Trinajstić information content (AvgIpc) is 1.61. The third-order valence-electron chi connectivity index (χ3n) is 0.460. The van der Waals surface area contributed by atoms with Gasteiger partial charge in [-0.2, -0.15) is 0 Å². The Labute approximate surface area is 38.0 Å². The number of rotatable bonds is 2. The molecule has 0 rings (SSSR count). The van der Waals surface area contributed by atoms with E-state index >= 15 is 0 Å². The van der Waals surface area contributed by atoms with Crippen LogP contribution in [0.4, 0.5) is 0 Å². The van der Waals surface area contributed by atoms with E-state index in [0.29, 0.717) is 12.8 Å². The van der Waals surface area contributed by atoms with Crippen molar-refractivity contribution in [2.75, 3.05) is 6.61 Å². The normalized spacial score (nSPS) is 7.83. The fourth-order valence-corrected chi connectivity index (χ4v) is 0.167. The monoisotopic (exact) mass is 83.0 g/mol. The molecule has 0 radical (unpaired) electrons. The molecule has 0 aliphatic heterocycles. The van der Waals surface area contributed by atoms with Gasteiger partial charge >= 0.3 is 36.9 Å². The Kier molecular flexibility index (Phi) is 4.53. The molecule has 6 heavy (non-hydrogen) atoms. The van der Waals surface area contributed by atoms with Crippen LogP contribution in [-0.2, 0) is 0 Å². The van der Waals surface area contributed by atoms with E-state index in [0.717, 1.165) is 0 Å². The Bertz CT molecular complexity index is 51.4. The third-order valence-corrected chi connectivity index (χ3v) is 0.460. The minimum absolute atomic E-state index is 0.172. The molecule has 0 spiro atoms. The Hall–Kier alpha value is -0.260. The summed E-state index contributed by atoms with van der Waals surface area (Å²) in [7, 11) is 0. The Balaban J connectivity index is 2.54. The van der Waals surface area contributed by atoms with Gasteiger partial charge in [-0.25, -0.2) is 0 Å². The van der Waals surface area contributed by atoms with E-state index in [1.807, 2.05) is 0 Å². The first-order chi connectivity index (χ1) is 2.91. The van der Waals surface area contributed by atoms with Crippen LogP contribution in [0.1, 0.15) is 12.8 Å². The van der Waals surface area contributed by atoms with Crippen molar-refractivity contribution in [3.8, 4) is 5.92 Å². The molecular weight excluding hydrogens is 76.1 g/mol. The molecule has 1 heteroatoms. The zero-order valence-electron chi connectivity index (χ0n) is 3.57. The first-order valence-corrected chi connectivity index (χ1v) is 1.92. The second-order valence-corrected chi connectivity index (χ2v) is 1.00. The van der Waals surface area contributed by atoms with Crippen LogP contribution in [0.15, 0.2) is 0 Å². The zero-order valence-corrected chi connectivity index (χ0v) is 3.57. The number of hydrogen-bond donors (Lipinski definition) is 1. The minimum atomic E-state index is 0.172. The first-order valence-electron chi connectivity index (χ1n) is 1.92. The first kappa shape index (κ1) is 5.74. The van der Waals surface area contributed by atoms with E-state index in [1.54, 1.807) is 0 Å². The Morgan fingerprint density at radius 2 is 2.33 bits per heavy atom. The van der Waals surface area contributed by atoms with Crippen molar-refractivity contribution < 1.29 is 5.11 Å². The third kappa shape index (κ3) is 3.74. The second-order valence-electron chi connectivity index (χ2n) is 1.00. The molecule has 0 saturated carbocycles. The summed E-state index contributed by atoms with van der Waals surface area (Å²) >= 11 is 0. The molecule has 1 N–H and O–H groups in total. The van der Waals surface area contributed by atoms with E-state index in [4.69, 9.17) is 11.5 Å². The van der Waals surface area contributed by atoms with Crippen molar-refractivity contribution >= 4 is 0 Å². The summed E-state index contributed by atoms with van der Waals surface area (Å²) in [5.74, 6) is 2.16. The van der Waals surface area contributed by atoms with E-state index in [-0.39, 0.29) is 6.61 Å². The van der Waals surface area contributed by atoms with Gasteiger partial charge in [-0.3, -0.25) is 0 Å². The topological polar surface area (TPSA) is 20.2 Å². The van der Waals surface area contributed by atoms with Crippen molar-refractivity contribution in [1.29, 1.82) is 0 Å². The van der Waals surface area contributed by atoms with Crippen molar-refractivity contribution in [3.05, 3.63) is 6.42 Å². The molecule has 1 nitrogen and oxygen atoms in total. The van der Waals surface area contributed by atoms with Gasteiger partial charge in [0.2, 0.25) is 0 Å². The maximum absolute atomic E-state index is 8.07. The van der Waals surface area contributed by atoms with Gasteiger partial charge in [-0.05, 0) is 0 Å². The predicted molar refractivity (Wildman–Crippen MR) is 23.5 cm³/mol. The summed E-state index contributed by atoms with van der Waals surface area (Å²) in [5, 5.41) is 8.07. The Morgan fingerprint density at radius 3 is 2.50 bits per heavy atom. The number of aliphatic hydroxyl groups excluding tert-OH is 1. The molecule has 32 valence electrons. The van der Waals surface area contributed by atoms with Crippen LogP contribution >= 0.6 is 0 Å². The summed E-state index contributed by atoms with van der Waals surface area (Å²) in [6, 6.07) is 0. The fourth-order valence-electron chi connectivity index (χ4n) is 0.167. The van der Waals surface area contributed by atoms with Gasteiger partial charge in [0.05, 0.1) is 0 Å². The van der Waals surface area contributed by atoms with Gasteiger partial charge in [-0.1, -0.05) is 0 Å². The van der Waals surface area contributed by atoms with Crippen LogP contribution < -0.4 is 0 Å². The van der Waals surface area contributed by atoms with Crippen LogP contribution in [0.2, 0.25) is 0 Å². The Morgan fingerprint density at radius 1 is 1.67 bits per heavy atom. The van der Waals surface area contributed by atoms with Crippen molar-refractivity contribution in [2.45, 2.75) is 12.8 Å². The van der Waals surface area contributed by atoms with Gasteiger partial charge in [0.15, 0.2) is 0 Å². The van der Waals surface area contributed by atoms with Crippen LogP contribution in [0, 0.1) is 12.3 Å². The molecule has 0 aromatic heterocycles. The average molecular weight is 83.1 g/mol. The summed E-state index contributed by atoms with van der Waals surface area (Å²) in [6.07, 6.45) is 7.59. The fraction of sp³-hybridized carbons (Fsp3) is 0.600. The van der Waals surface area contributed by atoms with Crippen molar-refractivity contribution in [1.82, 2.24) is 0 Å². The second kappa shape index (κ2) is 4.74. The zero-order chi connectivity index (χ0) is 4.83. The molecular formula is C5H7O+. The molecule has 0 atom stereocenters. The molecule has 0 amide bonds. The van der Waals surface area contributed by atoms with Gasteiger partial charge < -0.3 is 0 Å². The van der Waals surface area contributed by atoms with Crippen LogP contribution in [0.3, 0.4) is 0 Å². The standard InChI is InChI=1S/C5H7O/c1-2-3-4-5-6/h6H,3-5H2/q+1. The molecule has 0 unspecified atom stereocenters. The van der Waals surface area contributed by atoms with Gasteiger partial charge in [0.25, 0.3) is 0 Å². The quantitative estimate of drug-likeness (QED) is 0.290. The van der Waals surface area contributed by atoms with Gasteiger partial charge in [-0.15, -0.1) is 0 Å². The molecule has 0 bridgehead atoms. The van der Waals surface area contributed by atoms with Crippen LogP contribution in [0.25, 0.3) is 0 Å². The van der Waals surface area contributed by atoms with Crippen LogP contribution in [0.5, 0.6) is 0 Å². The molecule has 0 aliphatic rings. The number of aliphatic hydroxyl groups is 1. The number of hydrogen-bond acceptors (Lipinski definition) is 1. The van der Waals surface area contributed by atoms with E-state index in [2.05, 4.69) is 5.92 Å².